The van der Waals surface area contributed by atoms with Gasteiger partial charge in [-0.3, -0.25) is 4.79 Å². The zero-order valence-corrected chi connectivity index (χ0v) is 12.9. The van der Waals surface area contributed by atoms with Gasteiger partial charge in [-0.25, -0.2) is 0 Å². The molecule has 0 unspecified atom stereocenters. The van der Waals surface area contributed by atoms with Crippen molar-refractivity contribution < 1.29 is 18.3 Å². The molecule has 0 aliphatic heterocycles. The summed E-state index contributed by atoms with van der Waals surface area (Å²) >= 11 is 0. The summed E-state index contributed by atoms with van der Waals surface area (Å²) in [5.41, 5.74) is 0.902. The van der Waals surface area contributed by atoms with E-state index < -0.39 is 16.0 Å². The van der Waals surface area contributed by atoms with Crippen LogP contribution in [0.2, 0.25) is 0 Å². The quantitative estimate of drug-likeness (QED) is 0.775. The molecule has 0 fully saturated rings. The van der Waals surface area contributed by atoms with E-state index in [4.69, 9.17) is 5.11 Å². The maximum atomic E-state index is 12.8. The summed E-state index contributed by atoms with van der Waals surface area (Å²) in [5.74, 6) is -0.949. The minimum Gasteiger partial charge on any atom is -0.481 e. The predicted molar refractivity (Wildman–Crippen MR) is 84.7 cm³/mol. The van der Waals surface area contributed by atoms with Crippen LogP contribution in [0.5, 0.6) is 0 Å². The fourth-order valence-corrected chi connectivity index (χ4v) is 3.71. The van der Waals surface area contributed by atoms with Crippen LogP contribution in [0, 0.1) is 0 Å². The molecule has 2 aromatic carbocycles. The molecular formula is C16H14N2O4S. The Kier molecular flexibility index (Phi) is 3.87. The Morgan fingerprint density at radius 3 is 2.39 bits per heavy atom. The number of benzene rings is 2. The van der Waals surface area contributed by atoms with Crippen LogP contribution < -0.4 is 0 Å². The van der Waals surface area contributed by atoms with E-state index in [0.29, 0.717) is 16.6 Å². The monoisotopic (exact) mass is 330 g/mol. The first-order chi connectivity index (χ1) is 11.0. The van der Waals surface area contributed by atoms with Crippen molar-refractivity contribution >= 4 is 26.9 Å². The van der Waals surface area contributed by atoms with Gasteiger partial charge in [0.1, 0.15) is 0 Å². The maximum absolute atomic E-state index is 12.8. The van der Waals surface area contributed by atoms with Gasteiger partial charge < -0.3 is 5.11 Å². The van der Waals surface area contributed by atoms with Crippen molar-refractivity contribution in [1.29, 1.82) is 0 Å². The fourth-order valence-electron chi connectivity index (χ4n) is 2.39. The Hall–Kier alpha value is -2.67. The second-order valence-electron chi connectivity index (χ2n) is 5.02. The number of rotatable bonds is 5. The van der Waals surface area contributed by atoms with Crippen LogP contribution in [0.25, 0.3) is 10.9 Å². The number of para-hydroxylation sites is 1. The first kappa shape index (κ1) is 15.2. The van der Waals surface area contributed by atoms with Gasteiger partial charge in [0.2, 0.25) is 0 Å². The largest absolute Gasteiger partial charge is 0.481 e. The molecule has 0 saturated heterocycles. The highest BCUT2D eigenvalue weighted by Crippen LogP contribution is 2.24. The lowest BCUT2D eigenvalue weighted by Gasteiger charge is -2.05. The number of fused-ring (bicyclic) bond motifs is 1. The molecule has 0 aliphatic rings. The second kappa shape index (κ2) is 5.85. The lowest BCUT2D eigenvalue weighted by Crippen LogP contribution is -2.14. The van der Waals surface area contributed by atoms with Crippen molar-refractivity contribution in [1.82, 2.24) is 9.19 Å². The van der Waals surface area contributed by atoms with E-state index in [0.717, 1.165) is 4.09 Å². The van der Waals surface area contributed by atoms with Crippen molar-refractivity contribution in [2.75, 3.05) is 0 Å². The van der Waals surface area contributed by atoms with E-state index in [9.17, 15) is 13.2 Å². The van der Waals surface area contributed by atoms with Crippen molar-refractivity contribution in [2.45, 2.75) is 17.7 Å². The van der Waals surface area contributed by atoms with Gasteiger partial charge in [0, 0.05) is 11.8 Å². The summed E-state index contributed by atoms with van der Waals surface area (Å²) in [4.78, 5) is 10.9. The normalized spacial score (nSPS) is 11.7. The molecule has 0 aliphatic carbocycles. The van der Waals surface area contributed by atoms with E-state index in [1.165, 1.54) is 12.1 Å². The average Bonchev–Trinajstić information content (AvgIpc) is 2.93. The number of carboxylic acid groups (broad SMARTS) is 1. The molecule has 0 atom stereocenters. The van der Waals surface area contributed by atoms with Gasteiger partial charge in [-0.2, -0.15) is 17.6 Å². The third-order valence-electron chi connectivity index (χ3n) is 3.48. The minimum atomic E-state index is -3.83. The van der Waals surface area contributed by atoms with Crippen LogP contribution in [0.4, 0.5) is 0 Å². The van der Waals surface area contributed by atoms with Crippen molar-refractivity contribution in [3.05, 3.63) is 60.3 Å². The number of aryl methyl sites for hydroxylation is 1. The Morgan fingerprint density at radius 1 is 1.04 bits per heavy atom. The molecule has 0 radical (unpaired) electrons. The van der Waals surface area contributed by atoms with Crippen LogP contribution in [-0.4, -0.2) is 28.7 Å². The standard InChI is InChI=1S/C16H14N2O4S/c19-16(20)11-10-14-13-8-4-5-9-15(13)18(17-14)23(21,22)12-6-2-1-3-7-12/h1-9H,10-11H2,(H,19,20). The van der Waals surface area contributed by atoms with E-state index in [-0.39, 0.29) is 17.7 Å². The van der Waals surface area contributed by atoms with Gasteiger partial charge in [0.05, 0.1) is 22.5 Å². The number of carboxylic acids is 1. The van der Waals surface area contributed by atoms with E-state index in [2.05, 4.69) is 5.10 Å². The minimum absolute atomic E-state index is 0.105. The summed E-state index contributed by atoms with van der Waals surface area (Å²) in [5, 5.41) is 13.7. The first-order valence-corrected chi connectivity index (χ1v) is 8.43. The lowest BCUT2D eigenvalue weighted by atomic mass is 10.1. The SMILES string of the molecule is O=C(O)CCc1nn(S(=O)(=O)c2ccccc2)c2ccccc12. The Morgan fingerprint density at radius 2 is 1.70 bits per heavy atom. The molecule has 1 heterocycles. The number of aromatic nitrogens is 2. The summed E-state index contributed by atoms with van der Waals surface area (Å²) < 4.78 is 26.5. The molecule has 1 aromatic heterocycles. The Bertz CT molecular complexity index is 962. The number of aliphatic carboxylic acids is 1. The van der Waals surface area contributed by atoms with Crippen LogP contribution in [0.15, 0.2) is 59.5 Å². The van der Waals surface area contributed by atoms with Gasteiger partial charge >= 0.3 is 5.97 Å². The highest BCUT2D eigenvalue weighted by atomic mass is 32.2. The molecule has 1 N–H and O–H groups in total. The van der Waals surface area contributed by atoms with Crippen molar-refractivity contribution in [3.63, 3.8) is 0 Å². The molecule has 0 bridgehead atoms. The first-order valence-electron chi connectivity index (χ1n) is 6.99. The van der Waals surface area contributed by atoms with E-state index >= 15 is 0 Å². The molecule has 118 valence electrons. The van der Waals surface area contributed by atoms with Crippen molar-refractivity contribution in [3.8, 4) is 0 Å². The Labute approximate surface area is 133 Å². The zero-order chi connectivity index (χ0) is 16.4. The predicted octanol–water partition coefficient (Wildman–Crippen LogP) is 2.29. The second-order valence-corrected chi connectivity index (χ2v) is 6.79. The van der Waals surface area contributed by atoms with Gasteiger partial charge in [-0.1, -0.05) is 36.4 Å². The van der Waals surface area contributed by atoms with Gasteiger partial charge in [0.15, 0.2) is 0 Å². The lowest BCUT2D eigenvalue weighted by molar-refractivity contribution is -0.136. The third-order valence-corrected chi connectivity index (χ3v) is 5.08. The molecule has 0 amide bonds. The topological polar surface area (TPSA) is 89.3 Å². The average molecular weight is 330 g/mol. The van der Waals surface area contributed by atoms with Gasteiger partial charge in [-0.05, 0) is 18.2 Å². The molecule has 7 heteroatoms. The Balaban J connectivity index is 2.17. The summed E-state index contributed by atoms with van der Waals surface area (Å²) in [6.45, 7) is 0. The summed E-state index contributed by atoms with van der Waals surface area (Å²) in [6.07, 6.45) is 0.0690. The smallest absolute Gasteiger partial charge is 0.303 e. The number of carbonyl (C=O) groups is 1. The summed E-state index contributed by atoms with van der Waals surface area (Å²) in [6, 6.07) is 14.9. The summed E-state index contributed by atoms with van der Waals surface area (Å²) in [7, 11) is -3.83. The van der Waals surface area contributed by atoms with E-state index in [1.54, 1.807) is 42.5 Å². The molecule has 23 heavy (non-hydrogen) atoms. The van der Waals surface area contributed by atoms with Crippen molar-refractivity contribution in [2.24, 2.45) is 0 Å². The number of hydrogen-bond donors (Lipinski definition) is 1. The van der Waals surface area contributed by atoms with Gasteiger partial charge in [0.25, 0.3) is 10.0 Å². The zero-order valence-electron chi connectivity index (χ0n) is 12.1. The van der Waals surface area contributed by atoms with Gasteiger partial charge in [-0.15, -0.1) is 0 Å². The van der Waals surface area contributed by atoms with Crippen LogP contribution in [0.1, 0.15) is 12.1 Å². The molecule has 6 nitrogen and oxygen atoms in total. The molecule has 0 saturated carbocycles. The molecule has 0 spiro atoms. The van der Waals surface area contributed by atoms with E-state index in [1.807, 2.05) is 0 Å². The molecule has 3 aromatic rings. The molecular weight excluding hydrogens is 316 g/mol. The van der Waals surface area contributed by atoms with Crippen LogP contribution in [-0.2, 0) is 21.2 Å². The van der Waals surface area contributed by atoms with Crippen LogP contribution in [0.3, 0.4) is 0 Å². The highest BCUT2D eigenvalue weighted by Gasteiger charge is 2.22. The third kappa shape index (κ3) is 2.83. The number of nitrogens with zero attached hydrogens (tertiary/aromatic N) is 2. The highest BCUT2D eigenvalue weighted by molar-refractivity contribution is 7.90. The number of hydrogen-bond acceptors (Lipinski definition) is 4. The molecule has 3 rings (SSSR count). The maximum Gasteiger partial charge on any atom is 0.303 e. The van der Waals surface area contributed by atoms with Crippen LogP contribution >= 0.6 is 0 Å². The fraction of sp³-hybridized carbons (Fsp3) is 0.125.